The second-order valence-corrected chi connectivity index (χ2v) is 6.68. The number of benzene rings is 2. The molecule has 0 spiro atoms. The smallest absolute Gasteiger partial charge is 0.257 e. The van der Waals surface area contributed by atoms with Crippen molar-refractivity contribution in [3.05, 3.63) is 76.3 Å². The Hall–Kier alpha value is -2.66. The van der Waals surface area contributed by atoms with Crippen molar-refractivity contribution in [2.24, 2.45) is 0 Å². The molecular formula is C20H21N3OS. The number of thiazole rings is 1. The average molecular weight is 351 g/mol. The molecule has 0 fully saturated rings. The van der Waals surface area contributed by atoms with Crippen molar-refractivity contribution in [1.29, 1.82) is 0 Å². The molecule has 0 aliphatic rings. The first-order chi connectivity index (χ1) is 12.2. The standard InChI is InChI=1S/C20H21N3OS/c1-3-17-13-25-20(22-17)23-19(24)16-10-8-15(9-11-16)12-21-18-7-5-4-6-14(18)2/h4-11,13,21H,3,12H2,1-2H3,(H,22,23,24). The molecule has 5 heteroatoms. The van der Waals surface area contributed by atoms with E-state index >= 15 is 0 Å². The van der Waals surface area contributed by atoms with Crippen LogP contribution in [0.1, 0.15) is 34.1 Å². The molecular weight excluding hydrogens is 330 g/mol. The molecule has 2 aromatic carbocycles. The lowest BCUT2D eigenvalue weighted by Crippen LogP contribution is -2.12. The van der Waals surface area contributed by atoms with E-state index in [2.05, 4.69) is 34.7 Å². The molecule has 0 saturated heterocycles. The van der Waals surface area contributed by atoms with Gasteiger partial charge in [0, 0.05) is 23.2 Å². The molecule has 0 saturated carbocycles. The zero-order chi connectivity index (χ0) is 17.6. The number of aryl methyl sites for hydroxylation is 2. The van der Waals surface area contributed by atoms with Gasteiger partial charge in [-0.3, -0.25) is 10.1 Å². The summed E-state index contributed by atoms with van der Waals surface area (Å²) in [7, 11) is 0. The number of anilines is 2. The highest BCUT2D eigenvalue weighted by Gasteiger charge is 2.08. The Morgan fingerprint density at radius 1 is 1.12 bits per heavy atom. The Morgan fingerprint density at radius 3 is 2.56 bits per heavy atom. The van der Waals surface area contributed by atoms with E-state index in [1.54, 1.807) is 0 Å². The van der Waals surface area contributed by atoms with Crippen LogP contribution in [0.15, 0.2) is 53.9 Å². The van der Waals surface area contributed by atoms with E-state index in [1.165, 1.54) is 16.9 Å². The van der Waals surface area contributed by atoms with E-state index in [4.69, 9.17) is 0 Å². The van der Waals surface area contributed by atoms with Crippen LogP contribution in [0.3, 0.4) is 0 Å². The summed E-state index contributed by atoms with van der Waals surface area (Å²) in [5.74, 6) is -0.129. The molecule has 4 nitrogen and oxygen atoms in total. The second-order valence-electron chi connectivity index (χ2n) is 5.82. The minimum absolute atomic E-state index is 0.129. The molecule has 3 rings (SSSR count). The Bertz CT molecular complexity index is 855. The van der Waals surface area contributed by atoms with Gasteiger partial charge in [-0.2, -0.15) is 0 Å². The summed E-state index contributed by atoms with van der Waals surface area (Å²) in [6.45, 7) is 4.85. The van der Waals surface area contributed by atoms with Crippen LogP contribution in [0.4, 0.5) is 10.8 Å². The topological polar surface area (TPSA) is 54.0 Å². The zero-order valence-corrected chi connectivity index (χ0v) is 15.2. The minimum Gasteiger partial charge on any atom is -0.381 e. The number of amides is 1. The monoisotopic (exact) mass is 351 g/mol. The predicted molar refractivity (Wildman–Crippen MR) is 104 cm³/mol. The number of carbonyl (C=O) groups is 1. The van der Waals surface area contributed by atoms with Crippen molar-refractivity contribution in [2.75, 3.05) is 10.6 Å². The van der Waals surface area contributed by atoms with Gasteiger partial charge in [-0.15, -0.1) is 11.3 Å². The molecule has 1 aromatic heterocycles. The van der Waals surface area contributed by atoms with Crippen LogP contribution in [-0.2, 0) is 13.0 Å². The van der Waals surface area contributed by atoms with Gasteiger partial charge in [0.15, 0.2) is 5.13 Å². The van der Waals surface area contributed by atoms with Crippen LogP contribution in [0, 0.1) is 6.92 Å². The lowest BCUT2D eigenvalue weighted by molar-refractivity contribution is 0.102. The molecule has 25 heavy (non-hydrogen) atoms. The van der Waals surface area contributed by atoms with Crippen LogP contribution in [0.25, 0.3) is 0 Å². The summed E-state index contributed by atoms with van der Waals surface area (Å²) >= 11 is 1.45. The van der Waals surface area contributed by atoms with Crippen molar-refractivity contribution >= 4 is 28.1 Å². The number of nitrogens with one attached hydrogen (secondary N) is 2. The number of carbonyl (C=O) groups excluding carboxylic acids is 1. The van der Waals surface area contributed by atoms with Crippen LogP contribution in [0.5, 0.6) is 0 Å². The molecule has 0 atom stereocenters. The van der Waals surface area contributed by atoms with Crippen LogP contribution >= 0.6 is 11.3 Å². The number of para-hydroxylation sites is 1. The molecule has 3 aromatic rings. The molecule has 2 N–H and O–H groups in total. The fraction of sp³-hybridized carbons (Fsp3) is 0.200. The number of hydrogen-bond acceptors (Lipinski definition) is 4. The van der Waals surface area contributed by atoms with Gasteiger partial charge in [-0.1, -0.05) is 37.3 Å². The third-order valence-corrected chi connectivity index (χ3v) is 4.79. The number of rotatable bonds is 6. The molecule has 1 heterocycles. The molecule has 0 radical (unpaired) electrons. The van der Waals surface area contributed by atoms with E-state index in [0.717, 1.165) is 29.9 Å². The number of aromatic nitrogens is 1. The first-order valence-electron chi connectivity index (χ1n) is 8.30. The maximum Gasteiger partial charge on any atom is 0.257 e. The van der Waals surface area contributed by atoms with Gasteiger partial charge in [-0.05, 0) is 42.7 Å². The minimum atomic E-state index is -0.129. The lowest BCUT2D eigenvalue weighted by Gasteiger charge is -2.09. The summed E-state index contributed by atoms with van der Waals surface area (Å²) in [4.78, 5) is 16.6. The highest BCUT2D eigenvalue weighted by molar-refractivity contribution is 7.13. The SMILES string of the molecule is CCc1csc(NC(=O)c2ccc(CNc3ccccc3C)cc2)n1. The van der Waals surface area contributed by atoms with E-state index in [0.29, 0.717) is 10.7 Å². The van der Waals surface area contributed by atoms with Crippen molar-refractivity contribution in [1.82, 2.24) is 4.98 Å². The normalized spacial score (nSPS) is 10.5. The maximum absolute atomic E-state index is 12.3. The molecule has 0 aliphatic carbocycles. The highest BCUT2D eigenvalue weighted by Crippen LogP contribution is 2.18. The summed E-state index contributed by atoms with van der Waals surface area (Å²) < 4.78 is 0. The average Bonchev–Trinajstić information content (AvgIpc) is 3.09. The van der Waals surface area contributed by atoms with Crippen molar-refractivity contribution in [3.63, 3.8) is 0 Å². The summed E-state index contributed by atoms with van der Waals surface area (Å²) in [6, 6.07) is 15.8. The molecule has 0 aliphatic heterocycles. The second kappa shape index (κ2) is 7.94. The van der Waals surface area contributed by atoms with E-state index < -0.39 is 0 Å². The van der Waals surface area contributed by atoms with Gasteiger partial charge in [0.05, 0.1) is 5.69 Å². The Labute approximate surface area is 151 Å². The first kappa shape index (κ1) is 17.2. The van der Waals surface area contributed by atoms with Crippen LogP contribution in [0.2, 0.25) is 0 Å². The van der Waals surface area contributed by atoms with Crippen molar-refractivity contribution in [3.8, 4) is 0 Å². The largest absolute Gasteiger partial charge is 0.381 e. The summed E-state index contributed by atoms with van der Waals surface area (Å²) in [5.41, 5.74) is 5.10. The Kier molecular flexibility index (Phi) is 5.46. The first-order valence-corrected chi connectivity index (χ1v) is 9.18. The van der Waals surface area contributed by atoms with Crippen LogP contribution < -0.4 is 10.6 Å². The van der Waals surface area contributed by atoms with E-state index in [9.17, 15) is 4.79 Å². The fourth-order valence-corrected chi connectivity index (χ4v) is 3.23. The summed E-state index contributed by atoms with van der Waals surface area (Å²) in [6.07, 6.45) is 0.870. The van der Waals surface area contributed by atoms with Crippen molar-refractivity contribution < 1.29 is 4.79 Å². The van der Waals surface area contributed by atoms with Gasteiger partial charge in [0.1, 0.15) is 0 Å². The van der Waals surface area contributed by atoms with E-state index in [1.807, 2.05) is 48.7 Å². The highest BCUT2D eigenvalue weighted by atomic mass is 32.1. The van der Waals surface area contributed by atoms with Crippen molar-refractivity contribution in [2.45, 2.75) is 26.8 Å². The third-order valence-electron chi connectivity index (χ3n) is 3.98. The van der Waals surface area contributed by atoms with Gasteiger partial charge in [0.2, 0.25) is 0 Å². The lowest BCUT2D eigenvalue weighted by atomic mass is 10.1. The van der Waals surface area contributed by atoms with Crippen LogP contribution in [-0.4, -0.2) is 10.9 Å². The molecule has 0 bridgehead atoms. The predicted octanol–water partition coefficient (Wildman–Crippen LogP) is 4.88. The van der Waals surface area contributed by atoms with Gasteiger partial charge < -0.3 is 5.32 Å². The number of nitrogens with zero attached hydrogens (tertiary/aromatic N) is 1. The molecule has 128 valence electrons. The quantitative estimate of drug-likeness (QED) is 0.665. The van der Waals surface area contributed by atoms with Gasteiger partial charge in [0.25, 0.3) is 5.91 Å². The van der Waals surface area contributed by atoms with E-state index in [-0.39, 0.29) is 5.91 Å². The fourth-order valence-electron chi connectivity index (χ4n) is 2.44. The molecule has 1 amide bonds. The Morgan fingerprint density at radius 2 is 1.88 bits per heavy atom. The van der Waals surface area contributed by atoms with Gasteiger partial charge >= 0.3 is 0 Å². The maximum atomic E-state index is 12.3. The Balaban J connectivity index is 1.59. The number of hydrogen-bond donors (Lipinski definition) is 2. The third kappa shape index (κ3) is 4.45. The molecule has 0 unspecified atom stereocenters. The summed E-state index contributed by atoms with van der Waals surface area (Å²) in [5, 5.41) is 8.88. The zero-order valence-electron chi connectivity index (χ0n) is 14.4. The van der Waals surface area contributed by atoms with Gasteiger partial charge in [-0.25, -0.2) is 4.98 Å².